The Hall–Kier alpha value is -0.610. The van der Waals surface area contributed by atoms with Gasteiger partial charge in [-0.3, -0.25) is 4.79 Å². The Bertz CT molecular complexity index is 252. The van der Waals surface area contributed by atoms with Crippen LogP contribution in [0.15, 0.2) is 0 Å². The van der Waals surface area contributed by atoms with Crippen LogP contribution in [0.5, 0.6) is 0 Å². The van der Waals surface area contributed by atoms with Crippen molar-refractivity contribution in [2.75, 3.05) is 13.2 Å². The first-order valence-corrected chi connectivity index (χ1v) is 6.88. The van der Waals surface area contributed by atoms with Gasteiger partial charge in [0.15, 0.2) is 0 Å². The van der Waals surface area contributed by atoms with E-state index in [2.05, 4.69) is 5.32 Å². The highest BCUT2D eigenvalue weighted by Crippen LogP contribution is 2.25. The number of nitrogens with one attached hydrogen (secondary N) is 1. The molecule has 2 aliphatic rings. The van der Waals surface area contributed by atoms with Crippen molar-refractivity contribution in [3.05, 3.63) is 0 Å². The second kappa shape index (κ2) is 6.36. The van der Waals surface area contributed by atoms with Gasteiger partial charge in [-0.05, 0) is 31.6 Å². The molecule has 3 atom stereocenters. The average molecular weight is 240 g/mol. The summed E-state index contributed by atoms with van der Waals surface area (Å²) in [6, 6.07) is 0.438. The zero-order valence-corrected chi connectivity index (χ0v) is 10.5. The number of hydrogen-bond acceptors (Lipinski definition) is 3. The van der Waals surface area contributed by atoms with Crippen LogP contribution in [0.2, 0.25) is 0 Å². The SMILES string of the molecule is NC1CCCCC1CC(=O)NC1CCCOC1. The van der Waals surface area contributed by atoms with Crippen LogP contribution in [-0.2, 0) is 9.53 Å². The predicted octanol–water partition coefficient (Wildman–Crippen LogP) is 1.19. The van der Waals surface area contributed by atoms with Crippen LogP contribution in [0.4, 0.5) is 0 Å². The van der Waals surface area contributed by atoms with Crippen molar-refractivity contribution in [3.8, 4) is 0 Å². The van der Waals surface area contributed by atoms with E-state index in [1.807, 2.05) is 0 Å². The summed E-state index contributed by atoms with van der Waals surface area (Å²) in [6.45, 7) is 1.50. The van der Waals surface area contributed by atoms with Gasteiger partial charge in [-0.25, -0.2) is 0 Å². The zero-order chi connectivity index (χ0) is 12.1. The molecule has 4 heteroatoms. The van der Waals surface area contributed by atoms with Crippen molar-refractivity contribution >= 4 is 5.91 Å². The van der Waals surface area contributed by atoms with E-state index in [0.717, 1.165) is 32.3 Å². The summed E-state index contributed by atoms with van der Waals surface area (Å²) in [4.78, 5) is 11.9. The molecule has 4 nitrogen and oxygen atoms in total. The van der Waals surface area contributed by atoms with Crippen LogP contribution >= 0.6 is 0 Å². The minimum absolute atomic E-state index is 0.155. The molecule has 1 aliphatic carbocycles. The second-order valence-electron chi connectivity index (χ2n) is 5.39. The molecule has 0 radical (unpaired) electrons. The monoisotopic (exact) mass is 240 g/mol. The number of rotatable bonds is 3. The van der Waals surface area contributed by atoms with E-state index in [1.54, 1.807) is 0 Å². The molecular weight excluding hydrogens is 216 g/mol. The third-order valence-electron chi connectivity index (χ3n) is 3.94. The van der Waals surface area contributed by atoms with Gasteiger partial charge in [-0.1, -0.05) is 12.8 Å². The molecule has 3 N–H and O–H groups in total. The van der Waals surface area contributed by atoms with Gasteiger partial charge in [0.05, 0.1) is 12.6 Å². The highest BCUT2D eigenvalue weighted by Gasteiger charge is 2.25. The lowest BCUT2D eigenvalue weighted by Crippen LogP contribution is -2.43. The Morgan fingerprint density at radius 2 is 2.06 bits per heavy atom. The minimum atomic E-state index is 0.155. The number of ether oxygens (including phenoxy) is 1. The Balaban J connectivity index is 1.72. The second-order valence-corrected chi connectivity index (χ2v) is 5.39. The van der Waals surface area contributed by atoms with Crippen LogP contribution in [0.3, 0.4) is 0 Å². The molecule has 1 aliphatic heterocycles. The fourth-order valence-electron chi connectivity index (χ4n) is 2.87. The van der Waals surface area contributed by atoms with E-state index >= 15 is 0 Å². The number of amides is 1. The molecule has 1 saturated carbocycles. The summed E-state index contributed by atoms with van der Waals surface area (Å²) in [6.07, 6.45) is 7.31. The Kier molecular flexibility index (Phi) is 4.80. The van der Waals surface area contributed by atoms with Crippen molar-refractivity contribution in [1.29, 1.82) is 0 Å². The molecule has 0 aromatic carbocycles. The molecule has 17 heavy (non-hydrogen) atoms. The summed E-state index contributed by atoms with van der Waals surface area (Å²) in [5.74, 6) is 0.538. The standard InChI is InChI=1S/C13H24N2O2/c14-12-6-2-1-4-10(12)8-13(16)15-11-5-3-7-17-9-11/h10-12H,1-9,14H2,(H,15,16). The van der Waals surface area contributed by atoms with E-state index in [4.69, 9.17) is 10.5 Å². The molecule has 3 unspecified atom stereocenters. The average Bonchev–Trinajstić information content (AvgIpc) is 2.33. The lowest BCUT2D eigenvalue weighted by Gasteiger charge is -2.29. The van der Waals surface area contributed by atoms with Gasteiger partial charge in [-0.15, -0.1) is 0 Å². The van der Waals surface area contributed by atoms with Gasteiger partial charge < -0.3 is 15.8 Å². The van der Waals surface area contributed by atoms with E-state index in [-0.39, 0.29) is 18.0 Å². The van der Waals surface area contributed by atoms with Crippen LogP contribution < -0.4 is 11.1 Å². The molecular formula is C13H24N2O2. The van der Waals surface area contributed by atoms with Gasteiger partial charge in [0.1, 0.15) is 0 Å². The first kappa shape index (κ1) is 12.8. The number of carbonyl (C=O) groups is 1. The highest BCUT2D eigenvalue weighted by molar-refractivity contribution is 5.76. The maximum Gasteiger partial charge on any atom is 0.220 e. The highest BCUT2D eigenvalue weighted by atomic mass is 16.5. The summed E-state index contributed by atoms with van der Waals surface area (Å²) >= 11 is 0. The van der Waals surface area contributed by atoms with E-state index in [0.29, 0.717) is 18.9 Å². The van der Waals surface area contributed by atoms with Crippen LogP contribution in [0.25, 0.3) is 0 Å². The topological polar surface area (TPSA) is 64.4 Å². The summed E-state index contributed by atoms with van der Waals surface area (Å²) in [7, 11) is 0. The maximum atomic E-state index is 11.9. The van der Waals surface area contributed by atoms with E-state index < -0.39 is 0 Å². The zero-order valence-electron chi connectivity index (χ0n) is 10.5. The molecule has 2 fully saturated rings. The molecule has 0 bridgehead atoms. The smallest absolute Gasteiger partial charge is 0.220 e. The van der Waals surface area contributed by atoms with Gasteiger partial charge in [0.25, 0.3) is 0 Å². The molecule has 1 heterocycles. The lowest BCUT2D eigenvalue weighted by molar-refractivity contribution is -0.124. The minimum Gasteiger partial charge on any atom is -0.379 e. The first-order chi connectivity index (χ1) is 8.25. The first-order valence-electron chi connectivity index (χ1n) is 6.88. The Labute approximate surface area is 103 Å². The number of nitrogens with two attached hydrogens (primary N) is 1. The van der Waals surface area contributed by atoms with E-state index in [1.165, 1.54) is 12.8 Å². The maximum absolute atomic E-state index is 11.9. The molecule has 98 valence electrons. The van der Waals surface area contributed by atoms with Gasteiger partial charge in [-0.2, -0.15) is 0 Å². The van der Waals surface area contributed by atoms with Crippen molar-refractivity contribution in [2.24, 2.45) is 11.7 Å². The summed E-state index contributed by atoms with van der Waals surface area (Å²) in [5, 5.41) is 3.07. The third-order valence-corrected chi connectivity index (χ3v) is 3.94. The lowest BCUT2D eigenvalue weighted by atomic mass is 9.83. The molecule has 0 spiro atoms. The Morgan fingerprint density at radius 1 is 1.24 bits per heavy atom. The largest absolute Gasteiger partial charge is 0.379 e. The summed E-state index contributed by atoms with van der Waals surface area (Å²) < 4.78 is 5.35. The van der Waals surface area contributed by atoms with Crippen LogP contribution in [-0.4, -0.2) is 31.2 Å². The van der Waals surface area contributed by atoms with Crippen molar-refractivity contribution in [2.45, 2.75) is 57.0 Å². The fourth-order valence-corrected chi connectivity index (χ4v) is 2.87. The number of carbonyl (C=O) groups excluding carboxylic acids is 1. The van der Waals surface area contributed by atoms with Crippen molar-refractivity contribution in [1.82, 2.24) is 5.32 Å². The molecule has 1 saturated heterocycles. The normalized spacial score (nSPS) is 34.3. The quantitative estimate of drug-likeness (QED) is 0.779. The third kappa shape index (κ3) is 3.96. The summed E-state index contributed by atoms with van der Waals surface area (Å²) in [5.41, 5.74) is 6.06. The van der Waals surface area contributed by atoms with Gasteiger partial charge >= 0.3 is 0 Å². The van der Waals surface area contributed by atoms with Crippen molar-refractivity contribution in [3.63, 3.8) is 0 Å². The molecule has 2 rings (SSSR count). The van der Waals surface area contributed by atoms with Crippen molar-refractivity contribution < 1.29 is 9.53 Å². The van der Waals surface area contributed by atoms with Gasteiger partial charge in [0.2, 0.25) is 5.91 Å². The Morgan fingerprint density at radius 3 is 2.76 bits per heavy atom. The number of hydrogen-bond donors (Lipinski definition) is 2. The molecule has 0 aromatic heterocycles. The van der Waals surface area contributed by atoms with Gasteiger partial charge in [0, 0.05) is 19.1 Å². The molecule has 0 aromatic rings. The molecule has 1 amide bonds. The van der Waals surface area contributed by atoms with Crippen LogP contribution in [0.1, 0.15) is 44.9 Å². The van der Waals surface area contributed by atoms with E-state index in [9.17, 15) is 4.79 Å². The fraction of sp³-hybridized carbons (Fsp3) is 0.923. The van der Waals surface area contributed by atoms with Crippen LogP contribution in [0, 0.1) is 5.92 Å². The predicted molar refractivity (Wildman–Crippen MR) is 66.5 cm³/mol.